The van der Waals surface area contributed by atoms with Crippen molar-refractivity contribution in [1.82, 2.24) is 9.80 Å². The maximum Gasteiger partial charge on any atom is 0.253 e. The van der Waals surface area contributed by atoms with E-state index in [0.29, 0.717) is 19.6 Å². The monoisotopic (exact) mass is 230 g/mol. The molecule has 0 aromatic heterocycles. The minimum absolute atomic E-state index is 0.152. The molecule has 16 heavy (non-hydrogen) atoms. The number of aliphatic hydroxyl groups is 2. The maximum absolute atomic E-state index is 11.8. The molecule has 0 atom stereocenters. The highest BCUT2D eigenvalue weighted by molar-refractivity contribution is 5.84. The molecule has 0 aromatic rings. The van der Waals surface area contributed by atoms with E-state index in [9.17, 15) is 9.90 Å². The molecule has 1 fully saturated rings. The zero-order chi connectivity index (χ0) is 12.2. The second kappa shape index (κ2) is 5.61. The van der Waals surface area contributed by atoms with Gasteiger partial charge in [0.25, 0.3) is 5.91 Å². The van der Waals surface area contributed by atoms with Crippen LogP contribution in [0.4, 0.5) is 0 Å². The second-order valence-electron chi connectivity index (χ2n) is 4.77. The van der Waals surface area contributed by atoms with Gasteiger partial charge in [0, 0.05) is 26.2 Å². The fourth-order valence-electron chi connectivity index (χ4n) is 1.93. The summed E-state index contributed by atoms with van der Waals surface area (Å²) < 4.78 is 0. The number of amides is 1. The normalized spacial score (nSPS) is 19.6. The quantitative estimate of drug-likeness (QED) is 0.672. The minimum Gasteiger partial charge on any atom is -0.395 e. The van der Waals surface area contributed by atoms with Crippen molar-refractivity contribution in [3.05, 3.63) is 0 Å². The standard InChI is InChI=1S/C11H22N2O3/c1-11(2,16)10(15)13-5-3-4-12(6-7-13)8-9-14/h14,16H,3-9H2,1-2H3. The molecule has 0 bridgehead atoms. The fraction of sp³-hybridized carbons (Fsp3) is 0.909. The van der Waals surface area contributed by atoms with Gasteiger partial charge in [0.2, 0.25) is 0 Å². The molecule has 1 aliphatic heterocycles. The number of nitrogens with zero attached hydrogens (tertiary/aromatic N) is 2. The van der Waals surface area contributed by atoms with Gasteiger partial charge in [0.1, 0.15) is 5.60 Å². The lowest BCUT2D eigenvalue weighted by atomic mass is 10.1. The SMILES string of the molecule is CC(C)(O)C(=O)N1CCCN(CCO)CC1. The van der Waals surface area contributed by atoms with E-state index in [-0.39, 0.29) is 12.5 Å². The Balaban J connectivity index is 2.50. The van der Waals surface area contributed by atoms with Crippen LogP contribution in [0.5, 0.6) is 0 Å². The number of hydrogen-bond donors (Lipinski definition) is 2. The predicted octanol–water partition coefficient (Wildman–Crippen LogP) is -0.716. The molecule has 94 valence electrons. The van der Waals surface area contributed by atoms with Crippen LogP contribution in [0.3, 0.4) is 0 Å². The van der Waals surface area contributed by atoms with Gasteiger partial charge >= 0.3 is 0 Å². The summed E-state index contributed by atoms with van der Waals surface area (Å²) in [7, 11) is 0. The summed E-state index contributed by atoms with van der Waals surface area (Å²) in [5, 5.41) is 18.5. The first kappa shape index (κ1) is 13.4. The predicted molar refractivity (Wildman–Crippen MR) is 61.0 cm³/mol. The van der Waals surface area contributed by atoms with Crippen LogP contribution < -0.4 is 0 Å². The Morgan fingerprint density at radius 1 is 1.25 bits per heavy atom. The van der Waals surface area contributed by atoms with Crippen molar-refractivity contribution in [2.75, 3.05) is 39.3 Å². The van der Waals surface area contributed by atoms with Gasteiger partial charge in [-0.2, -0.15) is 0 Å². The molecule has 0 aliphatic carbocycles. The van der Waals surface area contributed by atoms with E-state index in [1.807, 2.05) is 0 Å². The van der Waals surface area contributed by atoms with E-state index in [0.717, 1.165) is 19.5 Å². The first-order valence-electron chi connectivity index (χ1n) is 5.80. The van der Waals surface area contributed by atoms with Crippen molar-refractivity contribution in [1.29, 1.82) is 0 Å². The van der Waals surface area contributed by atoms with Gasteiger partial charge in [-0.05, 0) is 26.8 Å². The van der Waals surface area contributed by atoms with Gasteiger partial charge in [-0.25, -0.2) is 0 Å². The summed E-state index contributed by atoms with van der Waals surface area (Å²) in [4.78, 5) is 15.7. The van der Waals surface area contributed by atoms with Crippen molar-refractivity contribution in [3.8, 4) is 0 Å². The van der Waals surface area contributed by atoms with Crippen molar-refractivity contribution >= 4 is 5.91 Å². The molecular formula is C11H22N2O3. The minimum atomic E-state index is -1.29. The van der Waals surface area contributed by atoms with Gasteiger partial charge in [0.05, 0.1) is 6.61 Å². The van der Waals surface area contributed by atoms with E-state index in [1.54, 1.807) is 4.90 Å². The Morgan fingerprint density at radius 3 is 2.50 bits per heavy atom. The van der Waals surface area contributed by atoms with E-state index >= 15 is 0 Å². The number of carbonyl (C=O) groups excluding carboxylic acids is 1. The average molecular weight is 230 g/mol. The van der Waals surface area contributed by atoms with Gasteiger partial charge in [-0.3, -0.25) is 9.69 Å². The van der Waals surface area contributed by atoms with E-state index < -0.39 is 5.60 Å². The van der Waals surface area contributed by atoms with Crippen molar-refractivity contribution in [2.45, 2.75) is 25.9 Å². The third-order valence-electron chi connectivity index (χ3n) is 2.82. The molecule has 5 heteroatoms. The van der Waals surface area contributed by atoms with E-state index in [2.05, 4.69) is 4.90 Å². The zero-order valence-electron chi connectivity index (χ0n) is 10.1. The number of aliphatic hydroxyl groups excluding tert-OH is 1. The molecule has 1 heterocycles. The summed E-state index contributed by atoms with van der Waals surface area (Å²) in [6.45, 7) is 6.83. The van der Waals surface area contributed by atoms with Gasteiger partial charge in [-0.1, -0.05) is 0 Å². The smallest absolute Gasteiger partial charge is 0.253 e. The summed E-state index contributed by atoms with van der Waals surface area (Å²) in [6.07, 6.45) is 0.891. The Morgan fingerprint density at radius 2 is 1.94 bits per heavy atom. The molecule has 1 aliphatic rings. The molecule has 0 unspecified atom stereocenters. The lowest BCUT2D eigenvalue weighted by Crippen LogP contribution is -2.46. The summed E-state index contributed by atoms with van der Waals surface area (Å²) >= 11 is 0. The first-order valence-corrected chi connectivity index (χ1v) is 5.80. The number of hydrogen-bond acceptors (Lipinski definition) is 4. The van der Waals surface area contributed by atoms with Crippen LogP contribution in [-0.2, 0) is 4.79 Å². The fourth-order valence-corrected chi connectivity index (χ4v) is 1.93. The zero-order valence-corrected chi connectivity index (χ0v) is 10.1. The van der Waals surface area contributed by atoms with Crippen LogP contribution in [0.1, 0.15) is 20.3 Å². The summed E-state index contributed by atoms with van der Waals surface area (Å²) in [5.74, 6) is -0.210. The molecule has 0 spiro atoms. The summed E-state index contributed by atoms with van der Waals surface area (Å²) in [5.41, 5.74) is -1.29. The Kier molecular flexibility index (Phi) is 4.70. The van der Waals surface area contributed by atoms with Crippen LogP contribution in [0.25, 0.3) is 0 Å². The van der Waals surface area contributed by atoms with Crippen molar-refractivity contribution in [3.63, 3.8) is 0 Å². The molecule has 0 aromatic carbocycles. The van der Waals surface area contributed by atoms with Crippen LogP contribution >= 0.6 is 0 Å². The van der Waals surface area contributed by atoms with E-state index in [1.165, 1.54) is 13.8 Å². The largest absolute Gasteiger partial charge is 0.395 e. The maximum atomic E-state index is 11.8. The molecule has 5 nitrogen and oxygen atoms in total. The van der Waals surface area contributed by atoms with Gasteiger partial charge in [-0.15, -0.1) is 0 Å². The van der Waals surface area contributed by atoms with Crippen LogP contribution in [-0.4, -0.2) is 70.9 Å². The lowest BCUT2D eigenvalue weighted by Gasteiger charge is -2.27. The van der Waals surface area contributed by atoms with Gasteiger partial charge in [0.15, 0.2) is 0 Å². The van der Waals surface area contributed by atoms with Crippen LogP contribution in [0.2, 0.25) is 0 Å². The highest BCUT2D eigenvalue weighted by Crippen LogP contribution is 2.10. The number of rotatable bonds is 3. The molecule has 0 radical (unpaired) electrons. The molecule has 1 saturated heterocycles. The van der Waals surface area contributed by atoms with Crippen LogP contribution in [0.15, 0.2) is 0 Å². The third-order valence-corrected chi connectivity index (χ3v) is 2.82. The molecule has 0 saturated carbocycles. The second-order valence-corrected chi connectivity index (χ2v) is 4.77. The van der Waals surface area contributed by atoms with E-state index in [4.69, 9.17) is 5.11 Å². The lowest BCUT2D eigenvalue weighted by molar-refractivity contribution is -0.147. The molecule has 1 amide bonds. The summed E-state index contributed by atoms with van der Waals surface area (Å²) in [6, 6.07) is 0. The molecule has 1 rings (SSSR count). The Labute approximate surface area is 96.7 Å². The molecular weight excluding hydrogens is 208 g/mol. The number of β-amino-alcohol motifs (C(OH)–C–C–N with tert-alkyl or cyclic N) is 1. The highest BCUT2D eigenvalue weighted by Gasteiger charge is 2.30. The van der Waals surface area contributed by atoms with Crippen molar-refractivity contribution in [2.24, 2.45) is 0 Å². The topological polar surface area (TPSA) is 64.0 Å². The number of carbonyl (C=O) groups is 1. The Bertz CT molecular complexity index is 238. The highest BCUT2D eigenvalue weighted by atomic mass is 16.3. The first-order chi connectivity index (χ1) is 7.45. The van der Waals surface area contributed by atoms with Crippen molar-refractivity contribution < 1.29 is 15.0 Å². The van der Waals surface area contributed by atoms with Gasteiger partial charge < -0.3 is 15.1 Å². The molecule has 2 N–H and O–H groups in total. The van der Waals surface area contributed by atoms with Crippen LogP contribution in [0, 0.1) is 0 Å². The Hall–Kier alpha value is -0.650. The average Bonchev–Trinajstić information content (AvgIpc) is 2.41. The third kappa shape index (κ3) is 3.73.